The summed E-state index contributed by atoms with van der Waals surface area (Å²) < 4.78 is 5.65. The lowest BCUT2D eigenvalue weighted by Gasteiger charge is -2.08. The molecule has 0 N–H and O–H groups in total. The van der Waals surface area contributed by atoms with Crippen LogP contribution in [0.25, 0.3) is 0 Å². The molecule has 0 aliphatic carbocycles. The first kappa shape index (κ1) is 15.6. The van der Waals surface area contributed by atoms with E-state index < -0.39 is 0 Å². The summed E-state index contributed by atoms with van der Waals surface area (Å²) >= 11 is 0. The van der Waals surface area contributed by atoms with Crippen LogP contribution in [0.15, 0.2) is 42.5 Å². The van der Waals surface area contributed by atoms with Crippen molar-refractivity contribution in [3.63, 3.8) is 0 Å². The fraction of sp³-hybridized carbons (Fsp3) is 0.471. The molecule has 104 valence electrons. The molecular formula is C17H24O2. The predicted molar refractivity (Wildman–Crippen MR) is 78.9 cm³/mol. The van der Waals surface area contributed by atoms with Crippen LogP contribution in [-0.2, 0) is 16.1 Å². The van der Waals surface area contributed by atoms with Crippen LogP contribution in [0.1, 0.15) is 32.3 Å². The van der Waals surface area contributed by atoms with Gasteiger partial charge in [-0.2, -0.15) is 0 Å². The fourth-order valence-corrected chi connectivity index (χ4v) is 1.71. The zero-order valence-corrected chi connectivity index (χ0v) is 11.9. The molecule has 0 spiro atoms. The molecule has 1 aromatic carbocycles. The van der Waals surface area contributed by atoms with Crippen molar-refractivity contribution >= 4 is 6.29 Å². The Labute approximate surface area is 116 Å². The molecule has 2 unspecified atom stereocenters. The minimum atomic E-state index is 0.123. The highest BCUT2D eigenvalue weighted by Crippen LogP contribution is 2.08. The minimum Gasteiger partial charge on any atom is -0.377 e. The first-order valence-corrected chi connectivity index (χ1v) is 6.96. The Bertz CT molecular complexity index is 370. The number of carbonyl (C=O) groups excluding carboxylic acids is 1. The Hall–Kier alpha value is -1.41. The third kappa shape index (κ3) is 7.58. The molecule has 0 bridgehead atoms. The van der Waals surface area contributed by atoms with Gasteiger partial charge in [-0.3, -0.25) is 0 Å². The van der Waals surface area contributed by atoms with Crippen molar-refractivity contribution in [3.8, 4) is 0 Å². The van der Waals surface area contributed by atoms with Gasteiger partial charge in [0.25, 0.3) is 0 Å². The average molecular weight is 260 g/mol. The number of ether oxygens (including phenoxy) is 1. The maximum Gasteiger partial charge on any atom is 0.123 e. The number of hydrogen-bond donors (Lipinski definition) is 0. The van der Waals surface area contributed by atoms with Crippen molar-refractivity contribution in [1.29, 1.82) is 0 Å². The Morgan fingerprint density at radius 1 is 1.16 bits per heavy atom. The zero-order valence-electron chi connectivity index (χ0n) is 11.9. The maximum absolute atomic E-state index is 10.5. The second kappa shape index (κ2) is 9.51. The molecule has 0 saturated carbocycles. The van der Waals surface area contributed by atoms with E-state index >= 15 is 0 Å². The van der Waals surface area contributed by atoms with Gasteiger partial charge in [-0.1, -0.05) is 56.3 Å². The van der Waals surface area contributed by atoms with E-state index in [9.17, 15) is 4.79 Å². The normalized spacial score (nSPS) is 14.4. The maximum atomic E-state index is 10.5. The molecule has 0 aliphatic rings. The van der Waals surface area contributed by atoms with Gasteiger partial charge in [0.1, 0.15) is 6.29 Å². The quantitative estimate of drug-likeness (QED) is 0.381. The van der Waals surface area contributed by atoms with Gasteiger partial charge in [0.15, 0.2) is 0 Å². The lowest BCUT2D eigenvalue weighted by Crippen LogP contribution is -2.00. The largest absolute Gasteiger partial charge is 0.377 e. The SMILES string of the molecule is CC(C=O)C/C=C/C(C)CCOCc1ccccc1. The molecule has 0 heterocycles. The highest BCUT2D eigenvalue weighted by atomic mass is 16.5. The van der Waals surface area contributed by atoms with Crippen molar-refractivity contribution in [3.05, 3.63) is 48.0 Å². The second-order valence-electron chi connectivity index (χ2n) is 5.08. The zero-order chi connectivity index (χ0) is 13.9. The first-order chi connectivity index (χ1) is 9.22. The van der Waals surface area contributed by atoms with E-state index in [2.05, 4.69) is 31.2 Å². The van der Waals surface area contributed by atoms with Gasteiger partial charge in [0.05, 0.1) is 6.61 Å². The molecule has 0 fully saturated rings. The van der Waals surface area contributed by atoms with Gasteiger partial charge in [0.2, 0.25) is 0 Å². The molecule has 1 aromatic rings. The number of allylic oxidation sites excluding steroid dienone is 2. The van der Waals surface area contributed by atoms with Crippen LogP contribution in [0, 0.1) is 11.8 Å². The Morgan fingerprint density at radius 3 is 2.58 bits per heavy atom. The van der Waals surface area contributed by atoms with Crippen LogP contribution < -0.4 is 0 Å². The predicted octanol–water partition coefficient (Wildman–Crippen LogP) is 4.01. The fourth-order valence-electron chi connectivity index (χ4n) is 1.71. The molecular weight excluding hydrogens is 236 g/mol. The molecule has 0 aromatic heterocycles. The average Bonchev–Trinajstić information content (AvgIpc) is 2.44. The Balaban J connectivity index is 2.10. The minimum absolute atomic E-state index is 0.123. The van der Waals surface area contributed by atoms with Crippen molar-refractivity contribution in [2.45, 2.75) is 33.3 Å². The van der Waals surface area contributed by atoms with Gasteiger partial charge in [-0.25, -0.2) is 0 Å². The summed E-state index contributed by atoms with van der Waals surface area (Å²) in [6.07, 6.45) is 7.11. The highest BCUT2D eigenvalue weighted by molar-refractivity contribution is 5.52. The van der Waals surface area contributed by atoms with E-state index in [0.717, 1.165) is 25.7 Å². The van der Waals surface area contributed by atoms with Crippen molar-refractivity contribution in [2.75, 3.05) is 6.61 Å². The monoisotopic (exact) mass is 260 g/mol. The van der Waals surface area contributed by atoms with Crippen molar-refractivity contribution in [2.24, 2.45) is 11.8 Å². The summed E-state index contributed by atoms with van der Waals surface area (Å²) in [6, 6.07) is 10.2. The topological polar surface area (TPSA) is 26.3 Å². The Morgan fingerprint density at radius 2 is 1.89 bits per heavy atom. The van der Waals surface area contributed by atoms with Gasteiger partial charge in [-0.15, -0.1) is 0 Å². The van der Waals surface area contributed by atoms with Crippen LogP contribution in [-0.4, -0.2) is 12.9 Å². The molecule has 2 heteroatoms. The van der Waals surface area contributed by atoms with Crippen LogP contribution in [0.2, 0.25) is 0 Å². The number of hydrogen-bond acceptors (Lipinski definition) is 2. The molecule has 0 amide bonds. The van der Waals surface area contributed by atoms with E-state index in [1.807, 2.05) is 25.1 Å². The molecule has 0 radical (unpaired) electrons. The van der Waals surface area contributed by atoms with Crippen LogP contribution in [0.3, 0.4) is 0 Å². The van der Waals surface area contributed by atoms with Gasteiger partial charge >= 0.3 is 0 Å². The van der Waals surface area contributed by atoms with E-state index in [0.29, 0.717) is 12.5 Å². The molecule has 2 atom stereocenters. The number of rotatable bonds is 9. The standard InChI is InChI=1S/C17H24O2/c1-15(7-6-8-16(2)13-18)11-12-19-14-17-9-4-3-5-10-17/h3-7,9-10,13,15-16H,8,11-12,14H2,1-2H3/b7-6+. The van der Waals surface area contributed by atoms with Crippen molar-refractivity contribution in [1.82, 2.24) is 0 Å². The second-order valence-corrected chi connectivity index (χ2v) is 5.08. The smallest absolute Gasteiger partial charge is 0.123 e. The van der Waals surface area contributed by atoms with Gasteiger partial charge in [-0.05, 0) is 24.3 Å². The molecule has 1 rings (SSSR count). The third-order valence-electron chi connectivity index (χ3n) is 3.03. The summed E-state index contributed by atoms with van der Waals surface area (Å²) in [7, 11) is 0. The molecule has 19 heavy (non-hydrogen) atoms. The molecule has 2 nitrogen and oxygen atoms in total. The van der Waals surface area contributed by atoms with E-state index in [1.165, 1.54) is 5.56 Å². The summed E-state index contributed by atoms with van der Waals surface area (Å²) in [5, 5.41) is 0. The lowest BCUT2D eigenvalue weighted by molar-refractivity contribution is -0.110. The summed E-state index contributed by atoms with van der Waals surface area (Å²) in [5.41, 5.74) is 1.21. The Kier molecular flexibility index (Phi) is 7.83. The van der Waals surface area contributed by atoms with Crippen LogP contribution in [0.5, 0.6) is 0 Å². The summed E-state index contributed by atoms with van der Waals surface area (Å²) in [5.74, 6) is 0.618. The van der Waals surface area contributed by atoms with E-state index in [4.69, 9.17) is 4.74 Å². The lowest BCUT2D eigenvalue weighted by atomic mass is 10.0. The van der Waals surface area contributed by atoms with Crippen LogP contribution >= 0.6 is 0 Å². The summed E-state index contributed by atoms with van der Waals surface area (Å²) in [4.78, 5) is 10.5. The first-order valence-electron chi connectivity index (χ1n) is 6.96. The highest BCUT2D eigenvalue weighted by Gasteiger charge is 1.99. The molecule has 0 aliphatic heterocycles. The van der Waals surface area contributed by atoms with Crippen molar-refractivity contribution < 1.29 is 9.53 Å². The summed E-state index contributed by atoms with van der Waals surface area (Å²) in [6.45, 7) is 5.56. The van der Waals surface area contributed by atoms with Gasteiger partial charge < -0.3 is 9.53 Å². The van der Waals surface area contributed by atoms with E-state index in [1.54, 1.807) is 0 Å². The van der Waals surface area contributed by atoms with Gasteiger partial charge in [0, 0.05) is 12.5 Å². The van der Waals surface area contributed by atoms with Crippen LogP contribution in [0.4, 0.5) is 0 Å². The third-order valence-corrected chi connectivity index (χ3v) is 3.03. The molecule has 0 saturated heterocycles. The number of carbonyl (C=O) groups is 1. The number of aldehydes is 1. The van der Waals surface area contributed by atoms with E-state index in [-0.39, 0.29) is 5.92 Å². The number of benzene rings is 1.